The number of aromatic nitrogens is 2. The van der Waals surface area contributed by atoms with E-state index in [4.69, 9.17) is 9.63 Å². The summed E-state index contributed by atoms with van der Waals surface area (Å²) in [5.74, 6) is 0.412. The van der Waals surface area contributed by atoms with Crippen molar-refractivity contribution >= 4 is 5.97 Å². The van der Waals surface area contributed by atoms with E-state index in [2.05, 4.69) is 15.5 Å². The van der Waals surface area contributed by atoms with Gasteiger partial charge >= 0.3 is 5.97 Å². The highest BCUT2D eigenvalue weighted by atomic mass is 16.5. The van der Waals surface area contributed by atoms with Gasteiger partial charge in [-0.2, -0.15) is 4.98 Å². The van der Waals surface area contributed by atoms with Crippen LogP contribution in [0.1, 0.15) is 37.4 Å². The first kappa shape index (κ1) is 13.0. The number of nitrogens with zero attached hydrogens (tertiary/aromatic N) is 2. The topological polar surface area (TPSA) is 88.2 Å². The number of carboxylic acid groups (broad SMARTS) is 1. The number of hydrogen-bond acceptors (Lipinski definition) is 5. The van der Waals surface area contributed by atoms with E-state index in [9.17, 15) is 4.79 Å². The molecule has 1 aliphatic carbocycles. The van der Waals surface area contributed by atoms with E-state index in [1.165, 1.54) is 0 Å². The van der Waals surface area contributed by atoms with Crippen molar-refractivity contribution in [2.24, 2.45) is 5.92 Å². The number of carbonyl (C=O) groups is 1. The zero-order valence-electron chi connectivity index (χ0n) is 10.6. The molecular weight excluding hydrogens is 234 g/mol. The fourth-order valence-corrected chi connectivity index (χ4v) is 2.42. The molecule has 0 aromatic carbocycles. The average Bonchev–Trinajstić information content (AvgIpc) is 2.75. The van der Waals surface area contributed by atoms with E-state index in [0.717, 1.165) is 32.2 Å². The minimum atomic E-state index is -0.672. The van der Waals surface area contributed by atoms with Crippen LogP contribution in [0.3, 0.4) is 0 Å². The number of aryl methyl sites for hydroxylation is 1. The van der Waals surface area contributed by atoms with E-state index in [0.29, 0.717) is 24.2 Å². The smallest absolute Gasteiger partial charge is 0.306 e. The maximum atomic E-state index is 10.9. The molecule has 1 saturated carbocycles. The Morgan fingerprint density at radius 2 is 2.39 bits per heavy atom. The Kier molecular flexibility index (Phi) is 4.30. The summed E-state index contributed by atoms with van der Waals surface area (Å²) in [7, 11) is 0. The lowest BCUT2D eigenvalue weighted by Crippen LogP contribution is -2.37. The Morgan fingerprint density at radius 3 is 3.06 bits per heavy atom. The van der Waals surface area contributed by atoms with Crippen LogP contribution in [0.15, 0.2) is 4.52 Å². The lowest BCUT2D eigenvalue weighted by molar-refractivity contribution is -0.143. The van der Waals surface area contributed by atoms with Crippen molar-refractivity contribution in [2.45, 2.75) is 45.1 Å². The molecule has 0 bridgehead atoms. The van der Waals surface area contributed by atoms with Crippen LogP contribution in [0.5, 0.6) is 0 Å². The molecule has 2 N–H and O–H groups in total. The van der Waals surface area contributed by atoms with Gasteiger partial charge in [-0.25, -0.2) is 0 Å². The van der Waals surface area contributed by atoms with Gasteiger partial charge in [0.2, 0.25) is 5.89 Å². The molecule has 0 aliphatic heterocycles. The third-order valence-corrected chi connectivity index (χ3v) is 3.36. The first-order valence-corrected chi connectivity index (χ1v) is 6.40. The zero-order valence-corrected chi connectivity index (χ0v) is 10.6. The van der Waals surface area contributed by atoms with Crippen LogP contribution in [0.2, 0.25) is 0 Å². The molecule has 6 nitrogen and oxygen atoms in total. The molecule has 6 heteroatoms. The first-order chi connectivity index (χ1) is 8.65. The summed E-state index contributed by atoms with van der Waals surface area (Å²) in [6.45, 7) is 2.54. The predicted molar refractivity (Wildman–Crippen MR) is 64.1 cm³/mol. The van der Waals surface area contributed by atoms with Gasteiger partial charge in [-0.05, 0) is 26.2 Å². The molecule has 0 amide bonds. The Labute approximate surface area is 106 Å². The highest BCUT2D eigenvalue weighted by Gasteiger charge is 2.26. The standard InChI is InChI=1S/C12H19N3O3/c1-8-14-11(18-15-8)5-6-13-10-4-2-3-9(7-10)12(16)17/h9-10,13H,2-7H2,1H3,(H,16,17). The van der Waals surface area contributed by atoms with Crippen molar-refractivity contribution in [3.8, 4) is 0 Å². The quantitative estimate of drug-likeness (QED) is 0.818. The van der Waals surface area contributed by atoms with Gasteiger partial charge in [0.05, 0.1) is 5.92 Å². The fourth-order valence-electron chi connectivity index (χ4n) is 2.42. The Morgan fingerprint density at radius 1 is 1.56 bits per heavy atom. The Hall–Kier alpha value is -1.43. The predicted octanol–water partition coefficient (Wildman–Crippen LogP) is 1.15. The van der Waals surface area contributed by atoms with Gasteiger partial charge in [-0.15, -0.1) is 0 Å². The summed E-state index contributed by atoms with van der Waals surface area (Å²) in [5, 5.41) is 16.1. The van der Waals surface area contributed by atoms with Crippen molar-refractivity contribution in [3.63, 3.8) is 0 Å². The van der Waals surface area contributed by atoms with Gasteiger partial charge in [-0.1, -0.05) is 11.6 Å². The summed E-state index contributed by atoms with van der Waals surface area (Å²) >= 11 is 0. The van der Waals surface area contributed by atoms with Crippen molar-refractivity contribution in [1.29, 1.82) is 0 Å². The summed E-state index contributed by atoms with van der Waals surface area (Å²) in [5.41, 5.74) is 0. The third-order valence-electron chi connectivity index (χ3n) is 3.36. The van der Waals surface area contributed by atoms with Gasteiger partial charge < -0.3 is 14.9 Å². The average molecular weight is 253 g/mol. The fraction of sp³-hybridized carbons (Fsp3) is 0.750. The molecule has 0 spiro atoms. The summed E-state index contributed by atoms with van der Waals surface area (Å²) < 4.78 is 5.02. The lowest BCUT2D eigenvalue weighted by Gasteiger charge is -2.27. The molecule has 1 aromatic rings. The molecule has 0 radical (unpaired) electrons. The monoisotopic (exact) mass is 253 g/mol. The number of rotatable bonds is 5. The van der Waals surface area contributed by atoms with Gasteiger partial charge in [-0.3, -0.25) is 4.79 Å². The van der Waals surface area contributed by atoms with Crippen LogP contribution in [0, 0.1) is 12.8 Å². The number of hydrogen-bond donors (Lipinski definition) is 2. The molecule has 1 heterocycles. The highest BCUT2D eigenvalue weighted by Crippen LogP contribution is 2.24. The molecule has 1 aliphatic rings. The van der Waals surface area contributed by atoms with Gasteiger partial charge in [0, 0.05) is 19.0 Å². The van der Waals surface area contributed by atoms with Crippen molar-refractivity contribution in [3.05, 3.63) is 11.7 Å². The van der Waals surface area contributed by atoms with Crippen LogP contribution in [0.25, 0.3) is 0 Å². The largest absolute Gasteiger partial charge is 0.481 e. The molecule has 2 unspecified atom stereocenters. The SMILES string of the molecule is Cc1noc(CCNC2CCCC(C(=O)O)C2)n1. The lowest BCUT2D eigenvalue weighted by atomic mass is 9.86. The van der Waals surface area contributed by atoms with Crippen LogP contribution >= 0.6 is 0 Å². The second-order valence-electron chi connectivity index (χ2n) is 4.84. The zero-order chi connectivity index (χ0) is 13.0. The maximum Gasteiger partial charge on any atom is 0.306 e. The molecule has 100 valence electrons. The van der Waals surface area contributed by atoms with Gasteiger partial charge in [0.15, 0.2) is 5.82 Å². The van der Waals surface area contributed by atoms with Gasteiger partial charge in [0.25, 0.3) is 0 Å². The molecule has 1 aromatic heterocycles. The van der Waals surface area contributed by atoms with E-state index in [-0.39, 0.29) is 5.92 Å². The van der Waals surface area contributed by atoms with Crippen molar-refractivity contribution in [2.75, 3.05) is 6.54 Å². The van der Waals surface area contributed by atoms with Crippen molar-refractivity contribution in [1.82, 2.24) is 15.5 Å². The normalized spacial score (nSPS) is 24.1. The summed E-state index contributed by atoms with van der Waals surface area (Å²) in [6.07, 6.45) is 4.24. The summed E-state index contributed by atoms with van der Waals surface area (Å²) in [4.78, 5) is 15.1. The van der Waals surface area contributed by atoms with E-state index in [1.807, 2.05) is 0 Å². The molecule has 2 rings (SSSR count). The van der Waals surface area contributed by atoms with Crippen LogP contribution in [-0.2, 0) is 11.2 Å². The number of carboxylic acids is 1. The van der Waals surface area contributed by atoms with E-state index in [1.54, 1.807) is 6.92 Å². The van der Waals surface area contributed by atoms with E-state index < -0.39 is 5.97 Å². The molecule has 18 heavy (non-hydrogen) atoms. The van der Waals surface area contributed by atoms with Gasteiger partial charge in [0.1, 0.15) is 0 Å². The number of aliphatic carboxylic acids is 1. The second-order valence-corrected chi connectivity index (χ2v) is 4.84. The first-order valence-electron chi connectivity index (χ1n) is 6.40. The third kappa shape index (κ3) is 3.53. The highest BCUT2D eigenvalue weighted by molar-refractivity contribution is 5.70. The second kappa shape index (κ2) is 5.95. The molecule has 2 atom stereocenters. The summed E-state index contributed by atoms with van der Waals surface area (Å²) in [6, 6.07) is 0.295. The Balaban J connectivity index is 1.71. The van der Waals surface area contributed by atoms with Crippen LogP contribution in [0.4, 0.5) is 0 Å². The molecular formula is C12H19N3O3. The molecule has 1 fully saturated rings. The molecule has 0 saturated heterocycles. The van der Waals surface area contributed by atoms with Crippen LogP contribution in [-0.4, -0.2) is 33.8 Å². The van der Waals surface area contributed by atoms with Crippen molar-refractivity contribution < 1.29 is 14.4 Å². The Bertz CT molecular complexity index is 405. The minimum Gasteiger partial charge on any atom is -0.481 e. The van der Waals surface area contributed by atoms with E-state index >= 15 is 0 Å². The van der Waals surface area contributed by atoms with Crippen LogP contribution < -0.4 is 5.32 Å². The maximum absolute atomic E-state index is 10.9. The number of nitrogens with one attached hydrogen (secondary N) is 1. The minimum absolute atomic E-state index is 0.193.